The molecule has 2 aliphatic rings. The van der Waals surface area contributed by atoms with Gasteiger partial charge in [0.1, 0.15) is 0 Å². The zero-order chi connectivity index (χ0) is 17.8. The maximum absolute atomic E-state index is 12.4. The molecule has 2 amide bonds. The van der Waals surface area contributed by atoms with Crippen molar-refractivity contribution in [3.63, 3.8) is 0 Å². The molecule has 0 aromatic heterocycles. The van der Waals surface area contributed by atoms with Crippen molar-refractivity contribution in [3.8, 4) is 0 Å². The Kier molecular flexibility index (Phi) is 5.58. The largest absolute Gasteiger partial charge is 0.469 e. The summed E-state index contributed by atoms with van der Waals surface area (Å²) in [5.74, 6) is -0.267. The van der Waals surface area contributed by atoms with E-state index in [1.165, 1.54) is 12.7 Å². The predicted molar refractivity (Wildman–Crippen MR) is 95.0 cm³/mol. The highest BCUT2D eigenvalue weighted by Gasteiger charge is 2.35. The Labute approximate surface area is 148 Å². The molecule has 1 aromatic rings. The summed E-state index contributed by atoms with van der Waals surface area (Å²) >= 11 is 0. The highest BCUT2D eigenvalue weighted by Crippen LogP contribution is 2.31. The Balaban J connectivity index is 1.55. The van der Waals surface area contributed by atoms with Gasteiger partial charge in [0.15, 0.2) is 0 Å². The predicted octanol–water partition coefficient (Wildman–Crippen LogP) is 2.07. The molecule has 6 heteroatoms. The number of nitrogens with zero attached hydrogens (tertiary/aromatic N) is 1. The molecule has 1 aliphatic carbocycles. The third-order valence-corrected chi connectivity index (χ3v) is 5.41. The summed E-state index contributed by atoms with van der Waals surface area (Å²) in [4.78, 5) is 26.3. The fourth-order valence-electron chi connectivity index (χ4n) is 4.12. The monoisotopic (exact) mass is 345 g/mol. The van der Waals surface area contributed by atoms with E-state index < -0.39 is 0 Å². The molecule has 2 unspecified atom stereocenters. The molecule has 3 rings (SSSR count). The fourth-order valence-corrected chi connectivity index (χ4v) is 4.12. The van der Waals surface area contributed by atoms with Crippen LogP contribution in [0.4, 0.5) is 4.79 Å². The molecular weight excluding hydrogens is 318 g/mol. The molecule has 1 saturated heterocycles. The van der Waals surface area contributed by atoms with Crippen LogP contribution in [0.3, 0.4) is 0 Å². The molecule has 2 N–H and O–H groups in total. The van der Waals surface area contributed by atoms with E-state index >= 15 is 0 Å². The number of carbonyl (C=O) groups excluding carboxylic acids is 2. The van der Waals surface area contributed by atoms with E-state index in [0.29, 0.717) is 6.42 Å². The van der Waals surface area contributed by atoms with Gasteiger partial charge in [-0.15, -0.1) is 0 Å². The highest BCUT2D eigenvalue weighted by molar-refractivity contribution is 5.76. The number of rotatable bonds is 4. The van der Waals surface area contributed by atoms with Gasteiger partial charge in [-0.05, 0) is 38.3 Å². The lowest BCUT2D eigenvalue weighted by molar-refractivity contribution is -0.145. The molecule has 25 heavy (non-hydrogen) atoms. The maximum Gasteiger partial charge on any atom is 0.315 e. The van der Waals surface area contributed by atoms with Gasteiger partial charge in [-0.25, -0.2) is 4.79 Å². The smallest absolute Gasteiger partial charge is 0.315 e. The number of amides is 2. The number of methoxy groups -OCH3 is 1. The van der Waals surface area contributed by atoms with Crippen LogP contribution in [-0.4, -0.2) is 49.7 Å². The second-order valence-electron chi connectivity index (χ2n) is 7.08. The van der Waals surface area contributed by atoms with E-state index in [0.717, 1.165) is 25.8 Å². The van der Waals surface area contributed by atoms with Gasteiger partial charge in [-0.2, -0.15) is 0 Å². The summed E-state index contributed by atoms with van der Waals surface area (Å²) in [7, 11) is 3.51. The van der Waals surface area contributed by atoms with Crippen LogP contribution in [0.25, 0.3) is 0 Å². The number of ether oxygens (including phenoxy) is 1. The lowest BCUT2D eigenvalue weighted by Gasteiger charge is -2.26. The van der Waals surface area contributed by atoms with Crippen molar-refractivity contribution < 1.29 is 14.3 Å². The number of nitrogens with one attached hydrogen (secondary N) is 2. The van der Waals surface area contributed by atoms with Gasteiger partial charge in [0, 0.05) is 12.6 Å². The van der Waals surface area contributed by atoms with Crippen LogP contribution in [0.15, 0.2) is 30.3 Å². The van der Waals surface area contributed by atoms with Crippen molar-refractivity contribution in [3.05, 3.63) is 35.9 Å². The molecular formula is C19H27N3O3. The number of likely N-dealkylation sites (tertiary alicyclic amines) is 1. The van der Waals surface area contributed by atoms with Crippen molar-refractivity contribution >= 4 is 12.0 Å². The Morgan fingerprint density at radius 3 is 2.60 bits per heavy atom. The standard InChI is InChI=1S/C19H27N3O3/c1-22-11-10-16(17(22)13-6-4-3-5-7-13)21-19(24)20-15-9-8-14(12-15)18(23)25-2/h3-7,14-17H,8-12H2,1-2H3,(H2,20,21,24)/t14-,15+,16?,17?/m0/s1. The minimum absolute atomic E-state index is 0.0402. The van der Waals surface area contributed by atoms with Crippen LogP contribution < -0.4 is 10.6 Å². The fraction of sp³-hybridized carbons (Fsp3) is 0.579. The van der Waals surface area contributed by atoms with Crippen LogP contribution in [0.2, 0.25) is 0 Å². The Hall–Kier alpha value is -2.08. The van der Waals surface area contributed by atoms with Gasteiger partial charge in [0.2, 0.25) is 0 Å². The minimum atomic E-state index is -0.175. The molecule has 1 heterocycles. The lowest BCUT2D eigenvalue weighted by atomic mass is 10.0. The average Bonchev–Trinajstić information content (AvgIpc) is 3.22. The first kappa shape index (κ1) is 17.7. The van der Waals surface area contributed by atoms with Gasteiger partial charge in [-0.3, -0.25) is 9.69 Å². The number of esters is 1. The van der Waals surface area contributed by atoms with E-state index in [-0.39, 0.29) is 36.0 Å². The number of urea groups is 1. The lowest BCUT2D eigenvalue weighted by Crippen LogP contribution is -2.47. The van der Waals surface area contributed by atoms with Crippen molar-refractivity contribution in [2.75, 3.05) is 20.7 Å². The van der Waals surface area contributed by atoms with E-state index in [1.54, 1.807) is 0 Å². The molecule has 1 saturated carbocycles. The average molecular weight is 345 g/mol. The molecule has 0 bridgehead atoms. The first-order valence-corrected chi connectivity index (χ1v) is 8.98. The Morgan fingerprint density at radius 2 is 1.88 bits per heavy atom. The van der Waals surface area contributed by atoms with Crippen molar-refractivity contribution in [2.24, 2.45) is 5.92 Å². The number of likely N-dealkylation sites (N-methyl/N-ethyl adjacent to an activating group) is 1. The van der Waals surface area contributed by atoms with Crippen LogP contribution in [0.5, 0.6) is 0 Å². The summed E-state index contributed by atoms with van der Waals surface area (Å²) in [5, 5.41) is 6.16. The Morgan fingerprint density at radius 1 is 1.12 bits per heavy atom. The van der Waals surface area contributed by atoms with E-state index in [4.69, 9.17) is 4.74 Å². The van der Waals surface area contributed by atoms with Crippen molar-refractivity contribution in [2.45, 2.75) is 43.8 Å². The summed E-state index contributed by atoms with van der Waals surface area (Å²) in [6.07, 6.45) is 3.18. The number of carbonyl (C=O) groups is 2. The highest BCUT2D eigenvalue weighted by atomic mass is 16.5. The Bertz CT molecular complexity index is 607. The molecule has 1 aliphatic heterocycles. The van der Waals surface area contributed by atoms with E-state index in [2.05, 4.69) is 34.7 Å². The second-order valence-corrected chi connectivity index (χ2v) is 7.08. The quantitative estimate of drug-likeness (QED) is 0.820. The number of benzene rings is 1. The molecule has 1 aromatic carbocycles. The summed E-state index contributed by atoms with van der Waals surface area (Å²) in [5.41, 5.74) is 1.22. The summed E-state index contributed by atoms with van der Waals surface area (Å²) < 4.78 is 4.80. The minimum Gasteiger partial charge on any atom is -0.469 e. The van der Waals surface area contributed by atoms with Crippen LogP contribution in [0, 0.1) is 5.92 Å². The zero-order valence-corrected chi connectivity index (χ0v) is 14.9. The van der Waals surface area contributed by atoms with Crippen molar-refractivity contribution in [1.29, 1.82) is 0 Å². The maximum atomic E-state index is 12.4. The topological polar surface area (TPSA) is 70.7 Å². The molecule has 0 radical (unpaired) electrons. The van der Waals surface area contributed by atoms with Gasteiger partial charge in [0.25, 0.3) is 0 Å². The third kappa shape index (κ3) is 4.12. The molecule has 6 nitrogen and oxygen atoms in total. The van der Waals surface area contributed by atoms with Gasteiger partial charge in [0.05, 0.1) is 25.1 Å². The summed E-state index contributed by atoms with van der Waals surface area (Å²) in [6.45, 7) is 0.957. The van der Waals surface area contributed by atoms with Crippen molar-refractivity contribution in [1.82, 2.24) is 15.5 Å². The first-order chi connectivity index (χ1) is 12.1. The van der Waals surface area contributed by atoms with E-state index in [1.807, 2.05) is 18.2 Å². The normalized spacial score (nSPS) is 29.4. The summed E-state index contributed by atoms with van der Waals surface area (Å²) in [6, 6.07) is 10.5. The van der Waals surface area contributed by atoms with Gasteiger partial charge >= 0.3 is 12.0 Å². The molecule has 136 valence electrons. The van der Waals surface area contributed by atoms with Gasteiger partial charge < -0.3 is 15.4 Å². The van der Waals surface area contributed by atoms with Gasteiger partial charge in [-0.1, -0.05) is 30.3 Å². The van der Waals surface area contributed by atoms with E-state index in [9.17, 15) is 9.59 Å². The van der Waals surface area contributed by atoms with Crippen LogP contribution >= 0.6 is 0 Å². The number of hydrogen-bond donors (Lipinski definition) is 2. The van der Waals surface area contributed by atoms with Crippen LogP contribution in [-0.2, 0) is 9.53 Å². The molecule has 4 atom stereocenters. The second kappa shape index (κ2) is 7.87. The number of hydrogen-bond acceptors (Lipinski definition) is 4. The first-order valence-electron chi connectivity index (χ1n) is 8.98. The zero-order valence-electron chi connectivity index (χ0n) is 14.9. The third-order valence-electron chi connectivity index (χ3n) is 5.41. The van der Waals surface area contributed by atoms with Crippen LogP contribution in [0.1, 0.15) is 37.3 Å². The molecule has 0 spiro atoms. The SMILES string of the molecule is COC(=O)[C@H]1CC[C@@H](NC(=O)NC2CCN(C)C2c2ccccc2)C1. The molecule has 2 fully saturated rings.